The molecule has 0 rings (SSSR count). The van der Waals surface area contributed by atoms with Gasteiger partial charge in [0.15, 0.2) is 0 Å². The van der Waals surface area contributed by atoms with Crippen molar-refractivity contribution in [2.75, 3.05) is 0 Å². The normalized spacial score (nSPS) is 4.90. The summed E-state index contributed by atoms with van der Waals surface area (Å²) in [6, 6.07) is 0. The van der Waals surface area contributed by atoms with E-state index in [0.29, 0.717) is 0 Å². The van der Waals surface area contributed by atoms with Crippen LogP contribution < -0.4 is 0 Å². The van der Waals surface area contributed by atoms with Crippen molar-refractivity contribution < 1.29 is 19.7 Å². The highest BCUT2D eigenvalue weighted by atomic mass is 17.1. The Morgan fingerprint density at radius 1 is 1.40 bits per heavy atom. The molecular weight excluding hydrogens is 140 g/mol. The second kappa shape index (κ2) is 15.7. The molecule has 0 fully saturated rings. The summed E-state index contributed by atoms with van der Waals surface area (Å²) in [6.45, 7) is 3.01. The van der Waals surface area contributed by atoms with Crippen molar-refractivity contribution in [1.82, 2.24) is 0 Å². The Balaban J connectivity index is 0. The molecule has 10 heavy (non-hydrogen) atoms. The summed E-state index contributed by atoms with van der Waals surface area (Å²) in [5, 5.41) is 12.2. The smallest absolute Gasteiger partial charge is 0.261 e. The highest BCUT2D eigenvalue weighted by molar-refractivity contribution is 5.37. The molecule has 0 aliphatic heterocycles. The zero-order valence-electron chi connectivity index (χ0n) is 4.85. The molecule has 0 unspecified atom stereocenters. The summed E-state index contributed by atoms with van der Waals surface area (Å²) >= 11 is 0. The molecule has 0 aromatic rings. The lowest BCUT2D eigenvalue weighted by Gasteiger charge is -1.69. The number of carbonyl (C=O) groups excluding carboxylic acids is 2. The topological polar surface area (TPSA) is 88.3 Å². The molecule has 0 bridgehead atoms. The first-order valence-corrected chi connectivity index (χ1v) is 1.88. The van der Waals surface area contributed by atoms with Gasteiger partial charge in [0.2, 0.25) is 0 Å². The van der Waals surface area contributed by atoms with Crippen LogP contribution >= 0.6 is 0 Å². The maximum atomic E-state index is 9.00. The van der Waals surface area contributed by atoms with Gasteiger partial charge in [-0.15, -0.1) is 0 Å². The molecule has 54 valence electrons. The van der Waals surface area contributed by atoms with Crippen molar-refractivity contribution >= 4 is 12.2 Å². The fourth-order valence-corrected chi connectivity index (χ4v) is 0.0408. The molecule has 0 atom stereocenters. The van der Waals surface area contributed by atoms with E-state index >= 15 is 0 Å². The molecule has 6 nitrogen and oxygen atoms in total. The van der Waals surface area contributed by atoms with Gasteiger partial charge in [0.1, 0.15) is 6.26 Å². The predicted octanol–water partition coefficient (Wildman–Crippen LogP) is 0.192. The fourth-order valence-electron chi connectivity index (χ4n) is 0.0408. The minimum Gasteiger partial charge on any atom is -0.349 e. The monoisotopic (exact) mass is 144 g/mol. The maximum Gasteiger partial charge on any atom is 0.261 e. The highest BCUT2D eigenvalue weighted by Gasteiger charge is 1.49. The summed E-state index contributed by atoms with van der Waals surface area (Å²) in [6.07, 6.45) is 2.96. The van der Waals surface area contributed by atoms with Gasteiger partial charge in [0.05, 0.1) is 0 Å². The number of rotatable bonds is 2. The Morgan fingerprint density at radius 2 is 1.70 bits per heavy atom. The molecular formula is C4H4N2O4. The molecule has 0 spiro atoms. The quantitative estimate of drug-likeness (QED) is 0.197. The van der Waals surface area contributed by atoms with E-state index in [-0.39, 0.29) is 0 Å². The molecule has 0 saturated heterocycles. The van der Waals surface area contributed by atoms with Crippen molar-refractivity contribution in [3.8, 4) is 0 Å². The molecule has 0 saturated carbocycles. The first-order valence-electron chi connectivity index (χ1n) is 1.88. The summed E-state index contributed by atoms with van der Waals surface area (Å²) < 4.78 is 0. The average Bonchev–Trinajstić information content (AvgIpc) is 2.01. The number of isocyanates is 2. The number of hydrogen-bond donors (Lipinski definition) is 1. The Hall–Kier alpha value is -1.74. The fraction of sp³-hybridized carbons (Fsp3) is 0. The van der Waals surface area contributed by atoms with Crippen molar-refractivity contribution in [1.29, 1.82) is 0 Å². The summed E-state index contributed by atoms with van der Waals surface area (Å²) in [5.74, 6) is 0. The third kappa shape index (κ3) is 33.9. The van der Waals surface area contributed by atoms with Gasteiger partial charge in [-0.2, -0.15) is 0 Å². The SMILES string of the molecule is C=COO.O=C=NN=C=O. The zero-order valence-corrected chi connectivity index (χ0v) is 4.85. The molecule has 0 heterocycles. The van der Waals surface area contributed by atoms with Gasteiger partial charge in [-0.3, -0.25) is 0 Å². The predicted molar refractivity (Wildman–Crippen MR) is 30.2 cm³/mol. The number of nitrogens with zero attached hydrogens (tertiary/aromatic N) is 2. The van der Waals surface area contributed by atoms with Gasteiger partial charge >= 0.3 is 0 Å². The Kier molecular flexibility index (Phi) is 17.4. The highest BCUT2D eigenvalue weighted by Crippen LogP contribution is 1.52. The first kappa shape index (κ1) is 11.1. The van der Waals surface area contributed by atoms with Gasteiger partial charge in [-0.05, 0) is 0 Å². The number of hydrogen-bond acceptors (Lipinski definition) is 6. The van der Waals surface area contributed by atoms with E-state index in [1.54, 1.807) is 0 Å². The third-order valence-electron chi connectivity index (χ3n) is 0.206. The van der Waals surface area contributed by atoms with E-state index < -0.39 is 0 Å². The van der Waals surface area contributed by atoms with E-state index in [1.165, 1.54) is 0 Å². The lowest BCUT2D eigenvalue weighted by atomic mass is 11.2. The van der Waals surface area contributed by atoms with E-state index in [1.807, 2.05) is 0 Å². The molecule has 0 aliphatic carbocycles. The van der Waals surface area contributed by atoms with Crippen LogP contribution in [0.15, 0.2) is 23.0 Å². The van der Waals surface area contributed by atoms with Crippen molar-refractivity contribution in [2.24, 2.45) is 10.2 Å². The maximum absolute atomic E-state index is 9.00. The van der Waals surface area contributed by atoms with E-state index in [0.717, 1.165) is 18.4 Å². The minimum atomic E-state index is 0.931. The van der Waals surface area contributed by atoms with Crippen LogP contribution in [0.4, 0.5) is 0 Å². The Bertz CT molecular complexity index is 150. The van der Waals surface area contributed by atoms with E-state index in [2.05, 4.69) is 21.7 Å². The van der Waals surface area contributed by atoms with Crippen LogP contribution in [0.5, 0.6) is 0 Å². The van der Waals surface area contributed by atoms with E-state index in [9.17, 15) is 0 Å². The van der Waals surface area contributed by atoms with Crippen LogP contribution in [0.3, 0.4) is 0 Å². The lowest BCUT2D eigenvalue weighted by Crippen LogP contribution is -1.56. The van der Waals surface area contributed by atoms with Crippen LogP contribution in [0, 0.1) is 0 Å². The van der Waals surface area contributed by atoms with Gasteiger partial charge < -0.3 is 4.89 Å². The van der Waals surface area contributed by atoms with Crippen molar-refractivity contribution in [3.63, 3.8) is 0 Å². The molecule has 1 N–H and O–H groups in total. The van der Waals surface area contributed by atoms with Gasteiger partial charge in [0, 0.05) is 0 Å². The second-order valence-electron chi connectivity index (χ2n) is 0.655. The zero-order chi connectivity index (χ0) is 8.24. The lowest BCUT2D eigenvalue weighted by molar-refractivity contribution is -0.186. The molecule has 6 heteroatoms. The van der Waals surface area contributed by atoms with Crippen LogP contribution in [0.1, 0.15) is 0 Å². The largest absolute Gasteiger partial charge is 0.349 e. The van der Waals surface area contributed by atoms with Gasteiger partial charge in [-0.1, -0.05) is 16.8 Å². The first-order chi connectivity index (χ1) is 4.83. The summed E-state index contributed by atoms with van der Waals surface area (Å²) in [5.41, 5.74) is 0. The Labute approximate surface area is 56.1 Å². The molecule has 0 radical (unpaired) electrons. The standard InChI is InChI=1S/C2N2O2.C2H4O2/c5-1-3-4-2-6;1-2-4-3/h;2-3H,1H2. The molecule has 0 aliphatic rings. The van der Waals surface area contributed by atoms with Crippen molar-refractivity contribution in [2.45, 2.75) is 0 Å². The Morgan fingerprint density at radius 3 is 1.80 bits per heavy atom. The second-order valence-corrected chi connectivity index (χ2v) is 0.655. The van der Waals surface area contributed by atoms with Crippen LogP contribution in [-0.2, 0) is 14.5 Å². The van der Waals surface area contributed by atoms with Gasteiger partial charge in [-0.25, -0.2) is 14.8 Å². The molecule has 0 aromatic heterocycles. The third-order valence-corrected chi connectivity index (χ3v) is 0.206. The van der Waals surface area contributed by atoms with Crippen LogP contribution in [0.2, 0.25) is 0 Å². The van der Waals surface area contributed by atoms with Crippen molar-refractivity contribution in [3.05, 3.63) is 12.8 Å². The molecule has 0 aromatic carbocycles. The van der Waals surface area contributed by atoms with Crippen LogP contribution in [0.25, 0.3) is 0 Å². The van der Waals surface area contributed by atoms with Crippen LogP contribution in [-0.4, -0.2) is 17.4 Å². The molecule has 0 amide bonds. The minimum absolute atomic E-state index is 0.931. The van der Waals surface area contributed by atoms with Gasteiger partial charge in [0.25, 0.3) is 12.2 Å². The summed E-state index contributed by atoms with van der Waals surface area (Å²) in [4.78, 5) is 21.3. The van der Waals surface area contributed by atoms with E-state index in [4.69, 9.17) is 14.8 Å². The summed E-state index contributed by atoms with van der Waals surface area (Å²) in [7, 11) is 0. The average molecular weight is 144 g/mol.